The Morgan fingerprint density at radius 2 is 2.07 bits per heavy atom. The molecule has 138 valence electrons. The van der Waals surface area contributed by atoms with E-state index in [0.29, 0.717) is 22.3 Å². The number of nitrogens with one attached hydrogen (secondary N) is 1. The van der Waals surface area contributed by atoms with Crippen molar-refractivity contribution in [2.75, 3.05) is 0 Å². The Hall–Kier alpha value is -3.22. The minimum absolute atomic E-state index is 0.159. The first-order valence-corrected chi connectivity index (χ1v) is 11.6. The van der Waals surface area contributed by atoms with E-state index in [-0.39, 0.29) is 11.4 Å². The highest BCUT2D eigenvalue weighted by Gasteiger charge is 2.23. The number of H-pyrrole nitrogens is 1. The molecule has 1 atom stereocenters. The predicted molar refractivity (Wildman–Crippen MR) is 100 cm³/mol. The Kier molecular flexibility index (Phi) is 4.94. The quantitative estimate of drug-likeness (QED) is 0.621. The summed E-state index contributed by atoms with van der Waals surface area (Å²) in [4.78, 5) is 22.4. The molecule has 9 heteroatoms. The molecule has 0 fully saturated rings. The molecule has 0 radical (unpaired) electrons. The lowest BCUT2D eigenvalue weighted by atomic mass is 10.1. The molecule has 0 saturated carbocycles. The molecule has 0 amide bonds. The molecule has 2 aromatic heterocycles. The van der Waals surface area contributed by atoms with E-state index >= 15 is 0 Å². The molecular weight excluding hydrogens is 364 g/mol. The van der Waals surface area contributed by atoms with E-state index in [1.165, 1.54) is 12.5 Å². The zero-order chi connectivity index (χ0) is 19.6. The van der Waals surface area contributed by atoms with Crippen LogP contribution in [0.2, 0.25) is 19.6 Å². The van der Waals surface area contributed by atoms with E-state index in [9.17, 15) is 15.2 Å². The summed E-state index contributed by atoms with van der Waals surface area (Å²) in [6.45, 7) is 5.96. The molecule has 0 aliphatic heterocycles. The summed E-state index contributed by atoms with van der Waals surface area (Å²) in [5.74, 6) is -0.358. The summed E-state index contributed by atoms with van der Waals surface area (Å²) in [6, 6.07) is 8.70. The second-order valence-electron chi connectivity index (χ2n) is 6.84. The van der Waals surface area contributed by atoms with Gasteiger partial charge in [0.15, 0.2) is 14.4 Å². The number of carbonyl (C=O) groups is 1. The van der Waals surface area contributed by atoms with Crippen LogP contribution in [0.3, 0.4) is 0 Å². The van der Waals surface area contributed by atoms with Crippen molar-refractivity contribution in [1.29, 1.82) is 5.26 Å². The van der Waals surface area contributed by atoms with Gasteiger partial charge < -0.3 is 19.3 Å². The predicted octanol–water partition coefficient (Wildman–Crippen LogP) is 3.86. The van der Waals surface area contributed by atoms with Crippen LogP contribution in [0.15, 0.2) is 36.8 Å². The monoisotopic (exact) mass is 382 g/mol. The number of ether oxygens (including phenoxy) is 1. The van der Waals surface area contributed by atoms with E-state index in [2.05, 4.69) is 21.0 Å². The zero-order valence-electron chi connectivity index (χ0n) is 15.1. The maximum absolute atomic E-state index is 11.3. The lowest BCUT2D eigenvalue weighted by molar-refractivity contribution is 0.0699. The molecule has 1 unspecified atom stereocenters. The largest absolute Gasteiger partial charge is 0.478 e. The average molecular weight is 382 g/mol. The number of nitrogens with zero attached hydrogens (tertiary/aromatic N) is 3. The number of aromatic nitrogens is 3. The number of carboxylic acid groups (broad SMARTS) is 1. The SMILES string of the molecule is C[Si](C)(C)OC(C#N)c1cc(Oc2ccc3[nH]cc(C(=O)O)c3c2)ncn1. The van der Waals surface area contributed by atoms with Crippen molar-refractivity contribution < 1.29 is 19.1 Å². The second-order valence-corrected chi connectivity index (χ2v) is 11.3. The van der Waals surface area contributed by atoms with Crippen molar-refractivity contribution in [2.45, 2.75) is 25.7 Å². The molecule has 0 aliphatic carbocycles. The molecule has 2 heterocycles. The number of hydrogen-bond acceptors (Lipinski definition) is 6. The number of nitriles is 1. The van der Waals surface area contributed by atoms with Crippen molar-refractivity contribution in [3.05, 3.63) is 48.0 Å². The fourth-order valence-corrected chi connectivity index (χ4v) is 3.40. The van der Waals surface area contributed by atoms with Crippen molar-refractivity contribution in [3.63, 3.8) is 0 Å². The van der Waals surface area contributed by atoms with E-state index < -0.39 is 20.4 Å². The Bertz CT molecular complexity index is 1040. The van der Waals surface area contributed by atoms with Crippen LogP contribution in [0.4, 0.5) is 0 Å². The summed E-state index contributed by atoms with van der Waals surface area (Å²) in [7, 11) is -1.94. The van der Waals surface area contributed by atoms with Crippen molar-refractivity contribution in [3.8, 4) is 17.7 Å². The summed E-state index contributed by atoms with van der Waals surface area (Å²) in [5.41, 5.74) is 1.27. The Morgan fingerprint density at radius 1 is 1.30 bits per heavy atom. The molecule has 8 nitrogen and oxygen atoms in total. The first-order chi connectivity index (χ1) is 12.8. The van der Waals surface area contributed by atoms with Crippen LogP contribution in [0.25, 0.3) is 10.9 Å². The van der Waals surface area contributed by atoms with E-state index in [0.717, 1.165) is 0 Å². The fourth-order valence-electron chi connectivity index (χ4n) is 2.52. The second kappa shape index (κ2) is 7.18. The van der Waals surface area contributed by atoms with Gasteiger partial charge in [-0.25, -0.2) is 14.8 Å². The minimum atomic E-state index is -1.94. The van der Waals surface area contributed by atoms with Gasteiger partial charge in [0.25, 0.3) is 0 Å². The molecular formula is C18H18N4O4Si. The van der Waals surface area contributed by atoms with Crippen LogP contribution in [-0.4, -0.2) is 34.3 Å². The third-order valence-electron chi connectivity index (χ3n) is 3.63. The third-order valence-corrected chi connectivity index (χ3v) is 4.57. The van der Waals surface area contributed by atoms with Gasteiger partial charge in [0.05, 0.1) is 17.3 Å². The van der Waals surface area contributed by atoms with Crippen LogP contribution in [0.1, 0.15) is 22.2 Å². The molecule has 27 heavy (non-hydrogen) atoms. The number of carboxylic acids is 1. The van der Waals surface area contributed by atoms with Gasteiger partial charge in [-0.2, -0.15) is 5.26 Å². The molecule has 0 saturated heterocycles. The van der Waals surface area contributed by atoms with Crippen LogP contribution in [0, 0.1) is 11.3 Å². The van der Waals surface area contributed by atoms with Gasteiger partial charge in [0, 0.05) is 23.2 Å². The molecule has 0 spiro atoms. The number of rotatable bonds is 6. The smallest absolute Gasteiger partial charge is 0.337 e. The zero-order valence-corrected chi connectivity index (χ0v) is 16.1. The molecule has 3 aromatic rings. The number of aromatic carboxylic acids is 1. The van der Waals surface area contributed by atoms with Gasteiger partial charge in [0.1, 0.15) is 12.1 Å². The lowest BCUT2D eigenvalue weighted by Crippen LogP contribution is -2.27. The third kappa shape index (κ3) is 4.31. The molecule has 1 aromatic carbocycles. The van der Waals surface area contributed by atoms with E-state index in [1.807, 2.05) is 19.6 Å². The normalized spacial score (nSPS) is 12.5. The van der Waals surface area contributed by atoms with Crippen LogP contribution in [-0.2, 0) is 4.43 Å². The first-order valence-electron chi connectivity index (χ1n) is 8.18. The number of fused-ring (bicyclic) bond motifs is 1. The Balaban J connectivity index is 1.88. The maximum atomic E-state index is 11.3. The maximum Gasteiger partial charge on any atom is 0.337 e. The summed E-state index contributed by atoms with van der Waals surface area (Å²) < 4.78 is 11.6. The van der Waals surface area contributed by atoms with Crippen LogP contribution >= 0.6 is 0 Å². The topological polar surface area (TPSA) is 121 Å². The van der Waals surface area contributed by atoms with Gasteiger partial charge in [-0.3, -0.25) is 0 Å². The van der Waals surface area contributed by atoms with Gasteiger partial charge in [-0.05, 0) is 37.8 Å². The number of benzene rings is 1. The van der Waals surface area contributed by atoms with Crippen molar-refractivity contribution >= 4 is 25.2 Å². The van der Waals surface area contributed by atoms with Gasteiger partial charge in [-0.1, -0.05) is 0 Å². The van der Waals surface area contributed by atoms with Crippen molar-refractivity contribution in [1.82, 2.24) is 15.0 Å². The lowest BCUT2D eigenvalue weighted by Gasteiger charge is -2.21. The van der Waals surface area contributed by atoms with E-state index in [4.69, 9.17) is 9.16 Å². The minimum Gasteiger partial charge on any atom is -0.478 e. The highest BCUT2D eigenvalue weighted by molar-refractivity contribution is 6.69. The van der Waals surface area contributed by atoms with Crippen molar-refractivity contribution in [2.24, 2.45) is 0 Å². The summed E-state index contributed by atoms with van der Waals surface area (Å²) in [6.07, 6.45) is 1.94. The van der Waals surface area contributed by atoms with Crippen LogP contribution in [0.5, 0.6) is 11.6 Å². The Labute approximate surface area is 156 Å². The molecule has 3 rings (SSSR count). The van der Waals surface area contributed by atoms with Gasteiger partial charge >= 0.3 is 5.97 Å². The van der Waals surface area contributed by atoms with E-state index in [1.54, 1.807) is 24.3 Å². The number of hydrogen-bond donors (Lipinski definition) is 2. The van der Waals surface area contributed by atoms with Gasteiger partial charge in [-0.15, -0.1) is 0 Å². The highest BCUT2D eigenvalue weighted by atomic mass is 28.4. The standard InChI is InChI=1S/C18H18N4O4Si/c1-27(2,3)26-16(8-19)15-7-17(22-10-21-15)25-11-4-5-14-12(6-11)13(9-20-14)18(23)24/h4-7,9-10,16,20H,1-3H3,(H,23,24). The Morgan fingerprint density at radius 3 is 2.74 bits per heavy atom. The average Bonchev–Trinajstić information content (AvgIpc) is 3.02. The first kappa shape index (κ1) is 18.6. The number of aromatic amines is 1. The molecule has 0 bridgehead atoms. The molecule has 0 aliphatic rings. The van der Waals surface area contributed by atoms with Crippen LogP contribution < -0.4 is 4.74 Å². The molecule has 2 N–H and O–H groups in total. The fraction of sp³-hybridized carbons (Fsp3) is 0.222. The highest BCUT2D eigenvalue weighted by Crippen LogP contribution is 2.28. The summed E-state index contributed by atoms with van der Waals surface area (Å²) >= 11 is 0. The summed E-state index contributed by atoms with van der Waals surface area (Å²) in [5, 5.41) is 19.2. The van der Waals surface area contributed by atoms with Gasteiger partial charge in [0.2, 0.25) is 5.88 Å².